The normalized spacial score (nSPS) is 23.1. The maximum absolute atomic E-state index is 12.8. The zero-order valence-electron chi connectivity index (χ0n) is 20.9. The van der Waals surface area contributed by atoms with Crippen molar-refractivity contribution >= 4 is 17.7 Å². The van der Waals surface area contributed by atoms with Gasteiger partial charge in [0.1, 0.15) is 23.8 Å². The number of hydrogen-bond donors (Lipinski definition) is 0. The smallest absolute Gasteiger partial charge is 0.410 e. The summed E-state index contributed by atoms with van der Waals surface area (Å²) in [6, 6.07) is 6.92. The second-order valence-electron chi connectivity index (χ2n) is 10.3. The Kier molecular flexibility index (Phi) is 6.97. The van der Waals surface area contributed by atoms with Crippen LogP contribution < -0.4 is 9.47 Å². The van der Waals surface area contributed by atoms with Crippen LogP contribution in [-0.2, 0) is 9.47 Å². The molecular weight excluding hydrogens is 496 g/mol. The second kappa shape index (κ2) is 10.2. The van der Waals surface area contributed by atoms with Gasteiger partial charge in [-0.2, -0.15) is 5.26 Å². The van der Waals surface area contributed by atoms with Crippen molar-refractivity contribution in [2.45, 2.75) is 44.3 Å². The van der Waals surface area contributed by atoms with E-state index in [1.807, 2.05) is 0 Å². The van der Waals surface area contributed by atoms with Crippen LogP contribution in [0.1, 0.15) is 43.7 Å². The third-order valence-electron chi connectivity index (χ3n) is 6.91. The van der Waals surface area contributed by atoms with E-state index in [0.29, 0.717) is 54.4 Å². The monoisotopic (exact) mass is 524 g/mol. The largest absolute Gasteiger partial charge is 0.473 e. The molecule has 2 bridgehead atoms. The number of nitrogens with zero attached hydrogens (tertiary/aromatic N) is 4. The molecule has 0 spiro atoms. The van der Waals surface area contributed by atoms with Gasteiger partial charge in [-0.15, -0.1) is 0 Å². The van der Waals surface area contributed by atoms with Crippen molar-refractivity contribution in [3.63, 3.8) is 0 Å². The standard InChI is InChI=1S/C27H29ClN4O5/c1-4-27(2,3)37-26(33)32-11-18-13-34-14-19(12-32)23(18)36-25-22(17-6-7-17)24(30-15-31-25)35-21-8-5-16(10-29)9-20(21)28/h4-5,8-9,15,17-19,23H,1,6-7,11-14H2,2-3H3. The van der Waals surface area contributed by atoms with Crippen LogP contribution in [0.25, 0.3) is 0 Å². The first-order chi connectivity index (χ1) is 17.8. The molecule has 194 valence electrons. The first-order valence-corrected chi connectivity index (χ1v) is 12.7. The summed E-state index contributed by atoms with van der Waals surface area (Å²) in [6.45, 7) is 9.22. The topological polar surface area (TPSA) is 107 Å². The fourth-order valence-electron chi connectivity index (χ4n) is 4.72. The number of carbonyl (C=O) groups excluding carboxylic acids is 1. The number of ether oxygens (including phenoxy) is 4. The van der Waals surface area contributed by atoms with E-state index in [1.54, 1.807) is 43.0 Å². The maximum atomic E-state index is 12.8. The van der Waals surface area contributed by atoms with Gasteiger partial charge in [-0.25, -0.2) is 14.8 Å². The molecule has 2 unspecified atom stereocenters. The number of rotatable bonds is 7. The average Bonchev–Trinajstić information content (AvgIpc) is 3.70. The number of amides is 1. The van der Waals surface area contributed by atoms with Crippen molar-refractivity contribution in [2.24, 2.45) is 11.8 Å². The Bertz CT molecular complexity index is 1230. The lowest BCUT2D eigenvalue weighted by Crippen LogP contribution is -2.59. The Morgan fingerprint density at radius 2 is 1.95 bits per heavy atom. The summed E-state index contributed by atoms with van der Waals surface area (Å²) < 4.78 is 24.1. The molecule has 1 aromatic carbocycles. The van der Waals surface area contributed by atoms with Crippen LogP contribution in [-0.4, -0.2) is 59.0 Å². The van der Waals surface area contributed by atoms with Crippen LogP contribution in [0.5, 0.6) is 17.5 Å². The van der Waals surface area contributed by atoms with Crippen molar-refractivity contribution in [3.05, 3.63) is 53.3 Å². The Hall–Kier alpha value is -3.35. The van der Waals surface area contributed by atoms with Crippen LogP contribution in [0.2, 0.25) is 5.02 Å². The van der Waals surface area contributed by atoms with E-state index in [1.165, 1.54) is 6.33 Å². The van der Waals surface area contributed by atoms with Gasteiger partial charge in [-0.1, -0.05) is 18.2 Å². The van der Waals surface area contributed by atoms with Crippen LogP contribution >= 0.6 is 11.6 Å². The number of benzene rings is 1. The SMILES string of the molecule is C=CC(C)(C)OC(=O)N1CC2COCC(C1)C2Oc1ncnc(Oc2ccc(C#N)cc2Cl)c1C1CC1. The molecule has 1 aromatic heterocycles. The number of nitriles is 1. The molecule has 5 rings (SSSR count). The summed E-state index contributed by atoms with van der Waals surface area (Å²) in [5.41, 5.74) is 0.518. The van der Waals surface area contributed by atoms with Gasteiger partial charge in [0.05, 0.1) is 35.4 Å². The highest BCUT2D eigenvalue weighted by molar-refractivity contribution is 6.32. The van der Waals surface area contributed by atoms with E-state index >= 15 is 0 Å². The zero-order valence-corrected chi connectivity index (χ0v) is 21.6. The van der Waals surface area contributed by atoms with Gasteiger partial charge in [0.15, 0.2) is 0 Å². The molecule has 10 heteroatoms. The number of halogens is 1. The third-order valence-corrected chi connectivity index (χ3v) is 7.21. The predicted octanol–water partition coefficient (Wildman–Crippen LogP) is 5.10. The molecule has 1 saturated carbocycles. The molecule has 0 radical (unpaired) electrons. The molecule has 3 fully saturated rings. The summed E-state index contributed by atoms with van der Waals surface area (Å²) in [4.78, 5) is 23.4. The number of hydrogen-bond acceptors (Lipinski definition) is 8. The highest BCUT2D eigenvalue weighted by Gasteiger charge is 2.45. The molecule has 2 aromatic rings. The first-order valence-electron chi connectivity index (χ1n) is 12.4. The van der Waals surface area contributed by atoms with E-state index in [-0.39, 0.29) is 30.0 Å². The molecule has 2 atom stereocenters. The van der Waals surface area contributed by atoms with Gasteiger partial charge >= 0.3 is 6.09 Å². The van der Waals surface area contributed by atoms with Gasteiger partial charge in [-0.05, 0) is 56.9 Å². The lowest BCUT2D eigenvalue weighted by atomic mass is 9.84. The predicted molar refractivity (Wildman–Crippen MR) is 135 cm³/mol. The number of fused-ring (bicyclic) bond motifs is 2. The van der Waals surface area contributed by atoms with Gasteiger partial charge in [0.25, 0.3) is 0 Å². The number of carbonyl (C=O) groups is 1. The van der Waals surface area contributed by atoms with Crippen molar-refractivity contribution < 1.29 is 23.7 Å². The molecule has 3 aliphatic rings. The van der Waals surface area contributed by atoms with Crippen molar-refractivity contribution in [2.75, 3.05) is 26.3 Å². The van der Waals surface area contributed by atoms with Gasteiger partial charge < -0.3 is 23.8 Å². The van der Waals surface area contributed by atoms with Crippen molar-refractivity contribution in [3.8, 4) is 23.6 Å². The molecule has 9 nitrogen and oxygen atoms in total. The summed E-state index contributed by atoms with van der Waals surface area (Å²) in [7, 11) is 0. The van der Waals surface area contributed by atoms with Gasteiger partial charge in [0.2, 0.25) is 11.8 Å². The number of piperidine rings is 1. The third kappa shape index (κ3) is 5.50. The van der Waals surface area contributed by atoms with E-state index in [9.17, 15) is 4.79 Å². The Morgan fingerprint density at radius 1 is 1.24 bits per heavy atom. The zero-order chi connectivity index (χ0) is 26.2. The Balaban J connectivity index is 1.36. The quantitative estimate of drug-likeness (QED) is 0.460. The molecule has 2 saturated heterocycles. The van der Waals surface area contributed by atoms with E-state index in [2.05, 4.69) is 22.6 Å². The van der Waals surface area contributed by atoms with Gasteiger partial charge in [0, 0.05) is 24.9 Å². The van der Waals surface area contributed by atoms with E-state index in [0.717, 1.165) is 18.4 Å². The lowest BCUT2D eigenvalue weighted by Gasteiger charge is -2.46. The Labute approximate surface area is 220 Å². The van der Waals surface area contributed by atoms with Crippen LogP contribution in [0.15, 0.2) is 37.2 Å². The van der Waals surface area contributed by atoms with Crippen molar-refractivity contribution in [1.29, 1.82) is 5.26 Å². The van der Waals surface area contributed by atoms with E-state index in [4.69, 9.17) is 35.8 Å². The highest BCUT2D eigenvalue weighted by Crippen LogP contribution is 2.49. The fourth-order valence-corrected chi connectivity index (χ4v) is 4.94. The molecule has 37 heavy (non-hydrogen) atoms. The first kappa shape index (κ1) is 25.3. The lowest BCUT2D eigenvalue weighted by molar-refractivity contribution is -0.112. The summed E-state index contributed by atoms with van der Waals surface area (Å²) in [5.74, 6) is 1.45. The minimum Gasteiger partial charge on any atom is -0.473 e. The molecule has 1 aliphatic carbocycles. The molecule has 1 amide bonds. The summed E-state index contributed by atoms with van der Waals surface area (Å²) in [6.07, 6.45) is 4.47. The number of likely N-dealkylation sites (tertiary alicyclic amines) is 1. The molecule has 0 N–H and O–H groups in total. The Morgan fingerprint density at radius 3 is 2.57 bits per heavy atom. The second-order valence-corrected chi connectivity index (χ2v) is 10.7. The summed E-state index contributed by atoms with van der Waals surface area (Å²) >= 11 is 6.34. The summed E-state index contributed by atoms with van der Waals surface area (Å²) in [5, 5.41) is 9.43. The molecule has 3 heterocycles. The molecule has 2 aliphatic heterocycles. The highest BCUT2D eigenvalue weighted by atomic mass is 35.5. The van der Waals surface area contributed by atoms with Crippen LogP contribution in [0.3, 0.4) is 0 Å². The van der Waals surface area contributed by atoms with Gasteiger partial charge in [-0.3, -0.25) is 0 Å². The minimum atomic E-state index is -0.746. The maximum Gasteiger partial charge on any atom is 0.410 e. The van der Waals surface area contributed by atoms with Crippen molar-refractivity contribution in [1.82, 2.24) is 14.9 Å². The number of aromatic nitrogens is 2. The van der Waals surface area contributed by atoms with E-state index < -0.39 is 5.60 Å². The van der Waals surface area contributed by atoms with Crippen LogP contribution in [0.4, 0.5) is 4.79 Å². The fraction of sp³-hybridized carbons (Fsp3) is 0.481. The van der Waals surface area contributed by atoms with Crippen LogP contribution in [0, 0.1) is 23.2 Å². The molecular formula is C27H29ClN4O5. The minimum absolute atomic E-state index is 0.0359. The average molecular weight is 525 g/mol.